The lowest BCUT2D eigenvalue weighted by Crippen LogP contribution is -2.38. The first-order valence-corrected chi connectivity index (χ1v) is 10.3. The fourth-order valence-corrected chi connectivity index (χ4v) is 3.82. The molecular formula is C23H24ClN3O2. The molecular weight excluding hydrogens is 386 g/mol. The van der Waals surface area contributed by atoms with Crippen LogP contribution < -0.4 is 4.74 Å². The van der Waals surface area contributed by atoms with Gasteiger partial charge in [0.25, 0.3) is 5.91 Å². The summed E-state index contributed by atoms with van der Waals surface area (Å²) in [6.07, 6.45) is 0.959. The highest BCUT2D eigenvalue weighted by Crippen LogP contribution is 2.38. The molecule has 150 valence electrons. The Morgan fingerprint density at radius 3 is 2.52 bits per heavy atom. The number of para-hydroxylation sites is 1. The number of fused-ring (bicyclic) bond motifs is 1. The van der Waals surface area contributed by atoms with Gasteiger partial charge in [-0.2, -0.15) is 5.10 Å². The standard InChI is InChI=1S/C23H24ClN3O2/c1-4-16-9-11-17(12-10-16)21-22-20(23(28)26(15(2)3)13-14-29-22)25-27(21)19-8-6-5-7-18(19)24/h5-12,15H,4,13-14H2,1-3H3. The Kier molecular flexibility index (Phi) is 5.33. The zero-order valence-electron chi connectivity index (χ0n) is 16.9. The number of aryl methyl sites for hydroxylation is 1. The van der Waals surface area contributed by atoms with E-state index in [4.69, 9.17) is 21.4 Å². The summed E-state index contributed by atoms with van der Waals surface area (Å²) in [5.41, 5.74) is 3.96. The molecule has 0 aliphatic carbocycles. The summed E-state index contributed by atoms with van der Waals surface area (Å²) in [6.45, 7) is 7.08. The quantitative estimate of drug-likeness (QED) is 0.609. The van der Waals surface area contributed by atoms with Crippen molar-refractivity contribution in [3.63, 3.8) is 0 Å². The minimum atomic E-state index is -0.121. The third kappa shape index (κ3) is 3.51. The SMILES string of the molecule is CCc1ccc(-c2c3c(nn2-c2ccccc2Cl)C(=O)N(C(C)C)CCO3)cc1. The minimum Gasteiger partial charge on any atom is -0.487 e. The van der Waals surface area contributed by atoms with Gasteiger partial charge in [0, 0.05) is 11.6 Å². The van der Waals surface area contributed by atoms with E-state index >= 15 is 0 Å². The number of hydrogen-bond donors (Lipinski definition) is 0. The van der Waals surface area contributed by atoms with Crippen molar-refractivity contribution in [1.82, 2.24) is 14.7 Å². The van der Waals surface area contributed by atoms with Crippen molar-refractivity contribution in [3.05, 3.63) is 64.8 Å². The van der Waals surface area contributed by atoms with Crippen LogP contribution in [0.3, 0.4) is 0 Å². The smallest absolute Gasteiger partial charge is 0.278 e. The van der Waals surface area contributed by atoms with Crippen LogP contribution in [-0.4, -0.2) is 39.8 Å². The molecule has 4 rings (SSSR count). The Labute approximate surface area is 175 Å². The molecule has 0 radical (unpaired) electrons. The van der Waals surface area contributed by atoms with E-state index in [0.29, 0.717) is 35.3 Å². The van der Waals surface area contributed by atoms with Gasteiger partial charge in [0.15, 0.2) is 11.4 Å². The lowest BCUT2D eigenvalue weighted by Gasteiger charge is -2.23. The maximum Gasteiger partial charge on any atom is 0.278 e. The van der Waals surface area contributed by atoms with Crippen molar-refractivity contribution in [1.29, 1.82) is 0 Å². The summed E-state index contributed by atoms with van der Waals surface area (Å²) in [7, 11) is 0. The second-order valence-corrected chi connectivity index (χ2v) is 7.79. The highest BCUT2D eigenvalue weighted by Gasteiger charge is 2.33. The summed E-state index contributed by atoms with van der Waals surface area (Å²) in [5.74, 6) is 0.395. The number of carbonyl (C=O) groups excluding carboxylic acids is 1. The van der Waals surface area contributed by atoms with E-state index in [0.717, 1.165) is 17.7 Å². The number of carbonyl (C=O) groups is 1. The summed E-state index contributed by atoms with van der Waals surface area (Å²) >= 11 is 6.48. The highest BCUT2D eigenvalue weighted by molar-refractivity contribution is 6.32. The van der Waals surface area contributed by atoms with Crippen molar-refractivity contribution < 1.29 is 9.53 Å². The van der Waals surface area contributed by atoms with E-state index in [9.17, 15) is 4.79 Å². The van der Waals surface area contributed by atoms with Crippen LogP contribution in [0.5, 0.6) is 5.75 Å². The number of benzene rings is 2. The topological polar surface area (TPSA) is 47.4 Å². The molecule has 0 fully saturated rings. The van der Waals surface area contributed by atoms with Gasteiger partial charge < -0.3 is 9.64 Å². The maximum absolute atomic E-state index is 13.2. The van der Waals surface area contributed by atoms with Crippen LogP contribution in [0.1, 0.15) is 36.8 Å². The van der Waals surface area contributed by atoms with Crippen molar-refractivity contribution >= 4 is 17.5 Å². The largest absolute Gasteiger partial charge is 0.487 e. The van der Waals surface area contributed by atoms with Crippen LogP contribution in [0.15, 0.2) is 48.5 Å². The lowest BCUT2D eigenvalue weighted by atomic mass is 10.1. The van der Waals surface area contributed by atoms with E-state index in [-0.39, 0.29) is 11.9 Å². The molecule has 1 amide bonds. The molecule has 0 N–H and O–H groups in total. The summed E-state index contributed by atoms with van der Waals surface area (Å²) in [4.78, 5) is 15.0. The third-order valence-corrected chi connectivity index (χ3v) is 5.54. The average Bonchev–Trinajstić information content (AvgIpc) is 3.02. The van der Waals surface area contributed by atoms with Gasteiger partial charge in [-0.05, 0) is 38.0 Å². The van der Waals surface area contributed by atoms with Crippen molar-refractivity contribution in [2.24, 2.45) is 0 Å². The fraction of sp³-hybridized carbons (Fsp3) is 0.304. The summed E-state index contributed by atoms with van der Waals surface area (Å²) in [6, 6.07) is 15.8. The van der Waals surface area contributed by atoms with E-state index in [1.165, 1.54) is 5.56 Å². The zero-order chi connectivity index (χ0) is 20.5. The van der Waals surface area contributed by atoms with Gasteiger partial charge in [-0.1, -0.05) is 54.9 Å². The van der Waals surface area contributed by atoms with Gasteiger partial charge in [0.1, 0.15) is 12.3 Å². The van der Waals surface area contributed by atoms with Gasteiger partial charge in [-0.3, -0.25) is 4.79 Å². The van der Waals surface area contributed by atoms with E-state index < -0.39 is 0 Å². The molecule has 0 saturated heterocycles. The van der Waals surface area contributed by atoms with Gasteiger partial charge in [0.2, 0.25) is 0 Å². The molecule has 6 heteroatoms. The van der Waals surface area contributed by atoms with Crippen molar-refractivity contribution in [3.8, 4) is 22.7 Å². The number of amides is 1. The van der Waals surface area contributed by atoms with Gasteiger partial charge in [-0.25, -0.2) is 4.68 Å². The van der Waals surface area contributed by atoms with E-state index in [2.05, 4.69) is 19.1 Å². The Morgan fingerprint density at radius 2 is 1.86 bits per heavy atom. The second-order valence-electron chi connectivity index (χ2n) is 7.38. The predicted octanol–water partition coefficient (Wildman–Crippen LogP) is 5.00. The Bertz CT molecular complexity index is 1040. The number of aromatic nitrogens is 2. The van der Waals surface area contributed by atoms with Crippen LogP contribution in [0, 0.1) is 0 Å². The monoisotopic (exact) mass is 409 g/mol. The first-order chi connectivity index (χ1) is 14.0. The van der Waals surface area contributed by atoms with Gasteiger partial charge in [0.05, 0.1) is 17.3 Å². The van der Waals surface area contributed by atoms with Gasteiger partial charge >= 0.3 is 0 Å². The average molecular weight is 410 g/mol. The molecule has 0 saturated carbocycles. The number of halogens is 1. The van der Waals surface area contributed by atoms with E-state index in [1.807, 2.05) is 50.2 Å². The summed E-state index contributed by atoms with van der Waals surface area (Å²) < 4.78 is 7.83. The molecule has 1 aromatic heterocycles. The molecule has 1 aliphatic rings. The lowest BCUT2D eigenvalue weighted by molar-refractivity contribution is 0.0697. The Balaban J connectivity index is 1.96. The number of ether oxygens (including phenoxy) is 1. The molecule has 1 aliphatic heterocycles. The molecule has 0 unspecified atom stereocenters. The first kappa shape index (κ1) is 19.5. The second kappa shape index (κ2) is 7.91. The Hall–Kier alpha value is -2.79. The van der Waals surface area contributed by atoms with Crippen LogP contribution >= 0.6 is 11.6 Å². The first-order valence-electron chi connectivity index (χ1n) is 9.92. The minimum absolute atomic E-state index is 0.0646. The Morgan fingerprint density at radius 1 is 1.14 bits per heavy atom. The number of nitrogens with zero attached hydrogens (tertiary/aromatic N) is 3. The molecule has 0 atom stereocenters. The molecule has 2 heterocycles. The molecule has 2 aromatic carbocycles. The van der Waals surface area contributed by atoms with Crippen LogP contribution in [0.4, 0.5) is 0 Å². The molecule has 0 spiro atoms. The normalized spacial score (nSPS) is 14.0. The molecule has 29 heavy (non-hydrogen) atoms. The fourth-order valence-electron chi connectivity index (χ4n) is 3.61. The maximum atomic E-state index is 13.2. The van der Waals surface area contributed by atoms with Crippen molar-refractivity contribution in [2.75, 3.05) is 13.2 Å². The predicted molar refractivity (Wildman–Crippen MR) is 115 cm³/mol. The van der Waals surface area contributed by atoms with Crippen LogP contribution in [0.25, 0.3) is 16.9 Å². The van der Waals surface area contributed by atoms with Crippen LogP contribution in [-0.2, 0) is 6.42 Å². The van der Waals surface area contributed by atoms with Crippen molar-refractivity contribution in [2.45, 2.75) is 33.2 Å². The van der Waals surface area contributed by atoms with E-state index in [1.54, 1.807) is 9.58 Å². The zero-order valence-corrected chi connectivity index (χ0v) is 17.6. The number of rotatable bonds is 4. The number of hydrogen-bond acceptors (Lipinski definition) is 3. The highest BCUT2D eigenvalue weighted by atomic mass is 35.5. The summed E-state index contributed by atoms with van der Waals surface area (Å²) in [5, 5.41) is 5.25. The molecule has 5 nitrogen and oxygen atoms in total. The molecule has 3 aromatic rings. The van der Waals surface area contributed by atoms with Crippen LogP contribution in [0.2, 0.25) is 5.02 Å². The molecule has 0 bridgehead atoms. The van der Waals surface area contributed by atoms with Gasteiger partial charge in [-0.15, -0.1) is 0 Å². The third-order valence-electron chi connectivity index (χ3n) is 5.22.